The first-order chi connectivity index (χ1) is 8.56. The summed E-state index contributed by atoms with van der Waals surface area (Å²) in [6.07, 6.45) is 5.98. The molecule has 0 aromatic rings. The van der Waals surface area contributed by atoms with Crippen LogP contribution in [0.4, 0.5) is 0 Å². The van der Waals surface area contributed by atoms with Crippen LogP contribution in [0.25, 0.3) is 0 Å². The Morgan fingerprint density at radius 1 is 1.11 bits per heavy atom. The second-order valence-corrected chi connectivity index (χ2v) is 7.77. The van der Waals surface area contributed by atoms with Crippen LogP contribution < -0.4 is 0 Å². The van der Waals surface area contributed by atoms with Gasteiger partial charge in [-0.25, -0.2) is 0 Å². The van der Waals surface area contributed by atoms with Gasteiger partial charge in [0.2, 0.25) is 0 Å². The van der Waals surface area contributed by atoms with E-state index in [2.05, 4.69) is 30.6 Å². The molecule has 0 unspecified atom stereocenters. The molecule has 0 bridgehead atoms. The van der Waals surface area contributed by atoms with Crippen molar-refractivity contribution in [3.05, 3.63) is 0 Å². The second-order valence-electron chi connectivity index (χ2n) is 7.77. The lowest BCUT2D eigenvalue weighted by Crippen LogP contribution is -2.62. The van der Waals surface area contributed by atoms with Crippen LogP contribution in [0.15, 0.2) is 0 Å². The third kappa shape index (κ3) is 2.46. The van der Waals surface area contributed by atoms with Gasteiger partial charge in [0.1, 0.15) is 0 Å². The molecule has 1 aliphatic carbocycles. The monoisotopic (exact) mass is 250 g/mol. The summed E-state index contributed by atoms with van der Waals surface area (Å²) in [4.78, 5) is 5.33. The van der Waals surface area contributed by atoms with Gasteiger partial charge in [-0.15, -0.1) is 0 Å². The van der Waals surface area contributed by atoms with Crippen LogP contribution in [-0.4, -0.2) is 48.6 Å². The van der Waals surface area contributed by atoms with E-state index in [9.17, 15) is 0 Å². The third-order valence-electron chi connectivity index (χ3n) is 5.69. The first-order valence-electron chi connectivity index (χ1n) is 8.03. The predicted octanol–water partition coefficient (Wildman–Crippen LogP) is 2.84. The van der Waals surface area contributed by atoms with Crippen molar-refractivity contribution in [2.45, 2.75) is 52.5 Å². The minimum absolute atomic E-state index is 0.754. The number of hydrogen-bond donors (Lipinski definition) is 0. The van der Waals surface area contributed by atoms with E-state index in [1.807, 2.05) is 0 Å². The average molecular weight is 250 g/mol. The van der Waals surface area contributed by atoms with Crippen LogP contribution in [0.1, 0.15) is 46.5 Å². The van der Waals surface area contributed by atoms with Gasteiger partial charge in [-0.05, 0) is 43.9 Å². The molecule has 104 valence electrons. The highest BCUT2D eigenvalue weighted by Crippen LogP contribution is 2.45. The molecule has 3 rings (SSSR count). The van der Waals surface area contributed by atoms with Crippen LogP contribution in [0.3, 0.4) is 0 Å². The summed E-state index contributed by atoms with van der Waals surface area (Å²) in [5, 5.41) is 0. The lowest BCUT2D eigenvalue weighted by Gasteiger charge is -2.55. The van der Waals surface area contributed by atoms with E-state index in [1.54, 1.807) is 0 Å². The highest BCUT2D eigenvalue weighted by atomic mass is 15.3. The van der Waals surface area contributed by atoms with E-state index in [-0.39, 0.29) is 0 Å². The highest BCUT2D eigenvalue weighted by molar-refractivity contribution is 4.99. The van der Waals surface area contributed by atoms with Crippen molar-refractivity contribution in [1.82, 2.24) is 9.80 Å². The lowest BCUT2D eigenvalue weighted by atomic mass is 9.66. The van der Waals surface area contributed by atoms with Crippen molar-refractivity contribution in [3.63, 3.8) is 0 Å². The van der Waals surface area contributed by atoms with E-state index in [0.717, 1.165) is 23.3 Å². The molecule has 2 heteroatoms. The number of likely N-dealkylation sites (tertiary alicyclic amines) is 2. The van der Waals surface area contributed by atoms with Crippen molar-refractivity contribution in [2.75, 3.05) is 32.7 Å². The Labute approximate surface area is 113 Å². The maximum Gasteiger partial charge on any atom is 0.00506 e. The predicted molar refractivity (Wildman–Crippen MR) is 76.7 cm³/mol. The van der Waals surface area contributed by atoms with Crippen LogP contribution in [0.5, 0.6) is 0 Å². The molecule has 1 saturated carbocycles. The fraction of sp³-hybridized carbons (Fsp3) is 1.00. The molecule has 0 aromatic carbocycles. The lowest BCUT2D eigenvalue weighted by molar-refractivity contribution is -0.0630. The molecule has 3 fully saturated rings. The van der Waals surface area contributed by atoms with Gasteiger partial charge in [-0.2, -0.15) is 0 Å². The molecule has 0 radical (unpaired) electrons. The van der Waals surface area contributed by atoms with Gasteiger partial charge in [0.05, 0.1) is 0 Å². The molecule has 2 aliphatic heterocycles. The van der Waals surface area contributed by atoms with Gasteiger partial charge in [0.15, 0.2) is 0 Å². The summed E-state index contributed by atoms with van der Waals surface area (Å²) in [5.74, 6) is 1.96. The molecule has 2 saturated heterocycles. The quantitative estimate of drug-likeness (QED) is 0.760. The van der Waals surface area contributed by atoms with Gasteiger partial charge >= 0.3 is 0 Å². The van der Waals surface area contributed by atoms with E-state index >= 15 is 0 Å². The Morgan fingerprint density at radius 3 is 2.28 bits per heavy atom. The maximum atomic E-state index is 2.73. The zero-order valence-corrected chi connectivity index (χ0v) is 12.5. The van der Waals surface area contributed by atoms with Gasteiger partial charge in [-0.3, -0.25) is 0 Å². The molecule has 18 heavy (non-hydrogen) atoms. The Bertz CT molecular complexity index is 277. The number of nitrogens with zero attached hydrogens (tertiary/aromatic N) is 2. The molecular weight excluding hydrogens is 220 g/mol. The SMILES string of the molecule is CC1CCC2(CC1)CN(CC1CN(C(C)C)C1)C2. The van der Waals surface area contributed by atoms with Crippen LogP contribution in [-0.2, 0) is 0 Å². The highest BCUT2D eigenvalue weighted by Gasteiger charge is 2.45. The molecule has 0 N–H and O–H groups in total. The second kappa shape index (κ2) is 4.79. The number of hydrogen-bond acceptors (Lipinski definition) is 2. The summed E-state index contributed by atoms with van der Waals surface area (Å²) in [6.45, 7) is 14.0. The van der Waals surface area contributed by atoms with Crippen molar-refractivity contribution >= 4 is 0 Å². The largest absolute Gasteiger partial charge is 0.302 e. The minimum atomic E-state index is 0.754. The maximum absolute atomic E-state index is 2.73. The van der Waals surface area contributed by atoms with Gasteiger partial charge in [0.25, 0.3) is 0 Å². The van der Waals surface area contributed by atoms with Crippen molar-refractivity contribution in [1.29, 1.82) is 0 Å². The Morgan fingerprint density at radius 2 is 1.72 bits per heavy atom. The fourth-order valence-corrected chi connectivity index (χ4v) is 4.23. The third-order valence-corrected chi connectivity index (χ3v) is 5.69. The number of rotatable bonds is 3. The van der Waals surface area contributed by atoms with Crippen molar-refractivity contribution < 1.29 is 0 Å². The van der Waals surface area contributed by atoms with E-state index in [4.69, 9.17) is 0 Å². The van der Waals surface area contributed by atoms with E-state index in [1.165, 1.54) is 58.4 Å². The van der Waals surface area contributed by atoms with Crippen molar-refractivity contribution in [2.24, 2.45) is 17.3 Å². The smallest absolute Gasteiger partial charge is 0.00506 e. The molecule has 0 aromatic heterocycles. The zero-order chi connectivity index (χ0) is 12.8. The first kappa shape index (κ1) is 12.9. The topological polar surface area (TPSA) is 6.48 Å². The Hall–Kier alpha value is -0.0800. The summed E-state index contributed by atoms with van der Waals surface area (Å²) in [7, 11) is 0. The van der Waals surface area contributed by atoms with Crippen LogP contribution >= 0.6 is 0 Å². The van der Waals surface area contributed by atoms with E-state index < -0.39 is 0 Å². The summed E-state index contributed by atoms with van der Waals surface area (Å²) in [5.41, 5.74) is 0.758. The standard InChI is InChI=1S/C16H30N2/c1-13(2)18-9-15(10-18)8-17-11-16(12-17)6-4-14(3)5-7-16/h13-15H,4-12H2,1-3H3. The Balaban J connectivity index is 1.36. The first-order valence-corrected chi connectivity index (χ1v) is 8.03. The summed E-state index contributed by atoms with van der Waals surface area (Å²) in [6, 6.07) is 0.754. The molecule has 0 amide bonds. The summed E-state index contributed by atoms with van der Waals surface area (Å²) < 4.78 is 0. The average Bonchev–Trinajstić information content (AvgIpc) is 2.22. The molecule has 1 spiro atoms. The zero-order valence-electron chi connectivity index (χ0n) is 12.5. The normalized spacial score (nSPS) is 30.7. The molecule has 2 heterocycles. The van der Waals surface area contributed by atoms with Gasteiger partial charge in [0, 0.05) is 38.8 Å². The molecule has 0 atom stereocenters. The van der Waals surface area contributed by atoms with Crippen molar-refractivity contribution in [3.8, 4) is 0 Å². The van der Waals surface area contributed by atoms with Gasteiger partial charge < -0.3 is 9.80 Å². The minimum Gasteiger partial charge on any atom is -0.302 e. The van der Waals surface area contributed by atoms with Crippen LogP contribution in [0.2, 0.25) is 0 Å². The summed E-state index contributed by atoms with van der Waals surface area (Å²) >= 11 is 0. The molecule has 3 aliphatic rings. The van der Waals surface area contributed by atoms with Crippen LogP contribution in [0, 0.1) is 17.3 Å². The van der Waals surface area contributed by atoms with Gasteiger partial charge in [-0.1, -0.05) is 19.8 Å². The molecule has 2 nitrogen and oxygen atoms in total. The van der Waals surface area contributed by atoms with E-state index in [0.29, 0.717) is 0 Å². The Kier molecular flexibility index (Phi) is 3.44. The fourth-order valence-electron chi connectivity index (χ4n) is 4.23. The molecular formula is C16H30N2.